The van der Waals surface area contributed by atoms with E-state index in [1.54, 1.807) is 0 Å². The van der Waals surface area contributed by atoms with E-state index in [9.17, 15) is 0 Å². The Morgan fingerprint density at radius 1 is 0.923 bits per heavy atom. The van der Waals surface area contributed by atoms with Gasteiger partial charge in [-0.15, -0.1) is 11.3 Å². The molecule has 66 valence electrons. The van der Waals surface area contributed by atoms with Gasteiger partial charge in [0.2, 0.25) is 0 Å². The van der Waals surface area contributed by atoms with Crippen molar-refractivity contribution in [1.82, 2.24) is 0 Å². The maximum Gasteiger partial charge on any atom is 0.0791 e. The molecule has 3 heterocycles. The molecule has 0 radical (unpaired) electrons. The molecule has 1 aromatic heterocycles. The van der Waals surface area contributed by atoms with Gasteiger partial charge in [-0.05, 0) is 22.3 Å². The molecular formula is C8H4S5. The molecule has 0 fully saturated rings. The highest BCUT2D eigenvalue weighted by atomic mass is 32.2. The van der Waals surface area contributed by atoms with Crippen molar-refractivity contribution in [2.75, 3.05) is 0 Å². The summed E-state index contributed by atoms with van der Waals surface area (Å²) >= 11 is 9.35. The van der Waals surface area contributed by atoms with Crippen molar-refractivity contribution in [3.8, 4) is 0 Å². The molecule has 0 aromatic carbocycles. The van der Waals surface area contributed by atoms with Gasteiger partial charge in [-0.3, -0.25) is 0 Å². The standard InChI is InChI=1S/C8H4S5/c1-2-9-6-5(1)12-8(13-6)7-10-3-4-11-7/h1-4H. The summed E-state index contributed by atoms with van der Waals surface area (Å²) < 4.78 is 4.36. The minimum Gasteiger partial charge on any atom is -0.136 e. The van der Waals surface area contributed by atoms with Gasteiger partial charge in [-0.1, -0.05) is 47.0 Å². The van der Waals surface area contributed by atoms with E-state index in [0.717, 1.165) is 0 Å². The summed E-state index contributed by atoms with van der Waals surface area (Å²) in [6.07, 6.45) is 0. The minimum absolute atomic E-state index is 1.44. The first-order valence-electron chi connectivity index (χ1n) is 3.59. The van der Waals surface area contributed by atoms with E-state index in [4.69, 9.17) is 0 Å². The van der Waals surface area contributed by atoms with Gasteiger partial charge in [0, 0.05) is 4.90 Å². The van der Waals surface area contributed by atoms with Crippen LogP contribution in [0.25, 0.3) is 0 Å². The van der Waals surface area contributed by atoms with E-state index in [2.05, 4.69) is 22.3 Å². The Labute approximate surface area is 97.6 Å². The number of thiophene rings is 1. The third-order valence-corrected chi connectivity index (χ3v) is 7.95. The van der Waals surface area contributed by atoms with E-state index >= 15 is 0 Å². The Kier molecular flexibility index (Phi) is 2.47. The van der Waals surface area contributed by atoms with Gasteiger partial charge < -0.3 is 0 Å². The quantitative estimate of drug-likeness (QED) is 0.641. The highest BCUT2D eigenvalue weighted by Crippen LogP contribution is 2.58. The molecule has 0 atom stereocenters. The maximum atomic E-state index is 2.21. The van der Waals surface area contributed by atoms with Crippen LogP contribution in [0.5, 0.6) is 0 Å². The second-order valence-electron chi connectivity index (χ2n) is 2.36. The van der Waals surface area contributed by atoms with Gasteiger partial charge in [0.1, 0.15) is 0 Å². The summed E-state index contributed by atoms with van der Waals surface area (Å²) in [7, 11) is 0. The van der Waals surface area contributed by atoms with Crippen LogP contribution in [-0.2, 0) is 0 Å². The number of fused-ring (bicyclic) bond motifs is 1. The van der Waals surface area contributed by atoms with Crippen molar-refractivity contribution in [1.29, 1.82) is 0 Å². The average molecular weight is 260 g/mol. The average Bonchev–Trinajstić information content (AvgIpc) is 2.78. The fourth-order valence-electron chi connectivity index (χ4n) is 1.03. The molecule has 0 nitrogen and oxygen atoms in total. The van der Waals surface area contributed by atoms with Crippen molar-refractivity contribution in [2.24, 2.45) is 0 Å². The molecule has 0 spiro atoms. The van der Waals surface area contributed by atoms with Gasteiger partial charge in [0.25, 0.3) is 0 Å². The Balaban J connectivity index is 1.93. The molecule has 0 saturated carbocycles. The Morgan fingerprint density at radius 3 is 2.54 bits per heavy atom. The van der Waals surface area contributed by atoms with E-state index in [1.807, 2.05) is 58.4 Å². The van der Waals surface area contributed by atoms with Crippen LogP contribution in [0.1, 0.15) is 0 Å². The van der Waals surface area contributed by atoms with Crippen molar-refractivity contribution in [3.05, 3.63) is 30.7 Å². The molecule has 3 rings (SSSR count). The second-order valence-corrected chi connectivity index (χ2v) is 7.96. The minimum atomic E-state index is 1.44. The zero-order chi connectivity index (χ0) is 8.67. The Bertz CT molecular complexity index is 368. The molecule has 5 heteroatoms. The molecule has 0 saturated heterocycles. The number of rotatable bonds is 0. The monoisotopic (exact) mass is 260 g/mol. The summed E-state index contributed by atoms with van der Waals surface area (Å²) in [5.74, 6) is 0. The van der Waals surface area contributed by atoms with Crippen LogP contribution in [0.2, 0.25) is 0 Å². The van der Waals surface area contributed by atoms with Crippen LogP contribution in [0.4, 0.5) is 0 Å². The lowest BCUT2D eigenvalue weighted by molar-refractivity contribution is 1.43. The lowest BCUT2D eigenvalue weighted by Crippen LogP contribution is -1.64. The number of thioether (sulfide) groups is 4. The maximum absolute atomic E-state index is 2.21. The van der Waals surface area contributed by atoms with E-state index in [-0.39, 0.29) is 0 Å². The first-order valence-corrected chi connectivity index (χ1v) is 7.86. The molecule has 0 unspecified atom stereocenters. The number of hydrogen-bond donors (Lipinski definition) is 0. The molecule has 0 amide bonds. The van der Waals surface area contributed by atoms with Crippen LogP contribution in [0, 0.1) is 0 Å². The lowest BCUT2D eigenvalue weighted by Gasteiger charge is -1.98. The van der Waals surface area contributed by atoms with Crippen molar-refractivity contribution in [3.63, 3.8) is 0 Å². The van der Waals surface area contributed by atoms with Crippen LogP contribution in [0.3, 0.4) is 0 Å². The van der Waals surface area contributed by atoms with E-state index in [0.29, 0.717) is 0 Å². The molecule has 1 aromatic rings. The van der Waals surface area contributed by atoms with Crippen LogP contribution >= 0.6 is 58.4 Å². The fraction of sp³-hybridized carbons (Fsp3) is 0. The van der Waals surface area contributed by atoms with Crippen molar-refractivity contribution >= 4 is 58.4 Å². The largest absolute Gasteiger partial charge is 0.136 e. The third-order valence-electron chi connectivity index (χ3n) is 1.56. The van der Waals surface area contributed by atoms with Crippen LogP contribution < -0.4 is 0 Å². The summed E-state index contributed by atoms with van der Waals surface area (Å²) in [6.45, 7) is 0. The topological polar surface area (TPSA) is 0 Å². The van der Waals surface area contributed by atoms with Gasteiger partial charge in [-0.2, -0.15) is 0 Å². The highest BCUT2D eigenvalue weighted by Gasteiger charge is 2.23. The summed E-state index contributed by atoms with van der Waals surface area (Å²) in [5.41, 5.74) is 0. The Morgan fingerprint density at radius 2 is 1.77 bits per heavy atom. The highest BCUT2D eigenvalue weighted by molar-refractivity contribution is 8.32. The van der Waals surface area contributed by atoms with E-state index in [1.165, 1.54) is 17.6 Å². The molecule has 0 bridgehead atoms. The van der Waals surface area contributed by atoms with Gasteiger partial charge in [0.15, 0.2) is 0 Å². The van der Waals surface area contributed by atoms with Crippen LogP contribution in [-0.4, -0.2) is 0 Å². The zero-order valence-corrected chi connectivity index (χ0v) is 10.4. The van der Waals surface area contributed by atoms with Crippen molar-refractivity contribution in [2.45, 2.75) is 9.10 Å². The number of hydrogen-bond acceptors (Lipinski definition) is 5. The second kappa shape index (κ2) is 3.62. The first-order chi connectivity index (χ1) is 6.43. The molecule has 13 heavy (non-hydrogen) atoms. The Hall–Kier alpha value is 0.580. The predicted octanol–water partition coefficient (Wildman–Crippen LogP) is 5.02. The summed E-state index contributed by atoms with van der Waals surface area (Å²) in [5, 5.41) is 6.47. The van der Waals surface area contributed by atoms with Gasteiger partial charge >= 0.3 is 0 Å². The first kappa shape index (κ1) is 8.85. The summed E-state index contributed by atoms with van der Waals surface area (Å²) in [6, 6.07) is 2.21. The smallest absolute Gasteiger partial charge is 0.0791 e. The normalized spacial score (nSPS) is 20.0. The third kappa shape index (κ3) is 1.61. The van der Waals surface area contributed by atoms with Gasteiger partial charge in [0.05, 0.1) is 12.7 Å². The predicted molar refractivity (Wildman–Crippen MR) is 67.4 cm³/mol. The fourth-order valence-corrected chi connectivity index (χ4v) is 7.04. The molecule has 0 N–H and O–H groups in total. The summed E-state index contributed by atoms with van der Waals surface area (Å²) in [4.78, 5) is 1.44. The molecule has 2 aliphatic heterocycles. The lowest BCUT2D eigenvalue weighted by atomic mass is 10.7. The molecular weight excluding hydrogens is 256 g/mol. The SMILES string of the molecule is C1=CSC(=C2Sc3ccsc3S2)S1. The van der Waals surface area contributed by atoms with Crippen molar-refractivity contribution < 1.29 is 0 Å². The zero-order valence-electron chi connectivity index (χ0n) is 6.35. The van der Waals surface area contributed by atoms with Crippen LogP contribution in [0.15, 0.2) is 39.8 Å². The van der Waals surface area contributed by atoms with Gasteiger partial charge in [-0.25, -0.2) is 0 Å². The molecule has 2 aliphatic rings. The van der Waals surface area contributed by atoms with E-state index < -0.39 is 0 Å². The molecule has 0 aliphatic carbocycles.